The normalized spacial score (nSPS) is 12.1. The number of fused-ring (bicyclic) bond motifs is 1. The SMILES string of the molecule is Cc1cc(Cl)ccc1O[C@H](C)C(=O)OCc1cc(=O)n2ccsc2n1. The molecule has 0 spiro atoms. The van der Waals surface area contributed by atoms with Crippen LogP contribution in [-0.4, -0.2) is 21.5 Å². The summed E-state index contributed by atoms with van der Waals surface area (Å²) >= 11 is 7.24. The van der Waals surface area contributed by atoms with Gasteiger partial charge < -0.3 is 9.47 Å². The van der Waals surface area contributed by atoms with E-state index in [1.165, 1.54) is 21.8 Å². The van der Waals surface area contributed by atoms with Crippen molar-refractivity contribution in [3.63, 3.8) is 0 Å². The Morgan fingerprint density at radius 2 is 2.20 bits per heavy atom. The zero-order chi connectivity index (χ0) is 18.0. The van der Waals surface area contributed by atoms with E-state index in [-0.39, 0.29) is 12.2 Å². The van der Waals surface area contributed by atoms with Gasteiger partial charge in [0.1, 0.15) is 12.4 Å². The zero-order valence-corrected chi connectivity index (χ0v) is 15.1. The van der Waals surface area contributed by atoms with Gasteiger partial charge in [-0.05, 0) is 37.6 Å². The summed E-state index contributed by atoms with van der Waals surface area (Å²) in [6.45, 7) is 3.35. The summed E-state index contributed by atoms with van der Waals surface area (Å²) < 4.78 is 12.3. The Hall–Kier alpha value is -2.38. The van der Waals surface area contributed by atoms with E-state index in [0.717, 1.165) is 5.56 Å². The summed E-state index contributed by atoms with van der Waals surface area (Å²) in [6, 6.07) is 6.49. The minimum absolute atomic E-state index is 0.0875. The van der Waals surface area contributed by atoms with Crippen LogP contribution in [0.5, 0.6) is 5.75 Å². The number of carbonyl (C=O) groups is 1. The first kappa shape index (κ1) is 17.4. The van der Waals surface area contributed by atoms with Crippen LogP contribution in [0.4, 0.5) is 0 Å². The Kier molecular flexibility index (Phi) is 5.06. The lowest BCUT2D eigenvalue weighted by Gasteiger charge is -2.15. The number of rotatable bonds is 5. The second-order valence-corrected chi connectivity index (χ2v) is 6.73. The molecule has 1 atom stereocenters. The number of esters is 1. The van der Waals surface area contributed by atoms with Crippen LogP contribution in [0.1, 0.15) is 18.2 Å². The molecule has 0 saturated heterocycles. The summed E-state index contributed by atoms with van der Waals surface area (Å²) in [5.41, 5.74) is 1.01. The van der Waals surface area contributed by atoms with Crippen molar-refractivity contribution in [2.45, 2.75) is 26.6 Å². The van der Waals surface area contributed by atoms with E-state index in [1.807, 2.05) is 6.92 Å². The van der Waals surface area contributed by atoms with Crippen LogP contribution in [0.15, 0.2) is 40.6 Å². The van der Waals surface area contributed by atoms with Gasteiger partial charge in [-0.1, -0.05) is 11.6 Å². The summed E-state index contributed by atoms with van der Waals surface area (Å²) in [4.78, 5) is 28.9. The average molecular weight is 379 g/mol. The smallest absolute Gasteiger partial charge is 0.347 e. The number of thiazole rings is 1. The molecule has 0 aliphatic heterocycles. The van der Waals surface area contributed by atoms with Gasteiger partial charge in [-0.2, -0.15) is 0 Å². The second kappa shape index (κ2) is 7.25. The molecule has 2 aromatic heterocycles. The Morgan fingerprint density at radius 3 is 2.96 bits per heavy atom. The van der Waals surface area contributed by atoms with E-state index in [0.29, 0.717) is 21.4 Å². The number of ether oxygens (including phenoxy) is 2. The number of hydrogen-bond donors (Lipinski definition) is 0. The van der Waals surface area contributed by atoms with Crippen molar-refractivity contribution in [1.82, 2.24) is 9.38 Å². The van der Waals surface area contributed by atoms with Crippen LogP contribution in [0.3, 0.4) is 0 Å². The number of aromatic nitrogens is 2. The molecule has 0 radical (unpaired) electrons. The summed E-state index contributed by atoms with van der Waals surface area (Å²) in [5, 5.41) is 2.37. The van der Waals surface area contributed by atoms with Crippen molar-refractivity contribution >= 4 is 33.9 Å². The number of halogens is 1. The van der Waals surface area contributed by atoms with Gasteiger partial charge in [-0.25, -0.2) is 9.78 Å². The minimum Gasteiger partial charge on any atom is -0.479 e. The van der Waals surface area contributed by atoms with Gasteiger partial charge in [-0.15, -0.1) is 11.3 Å². The molecule has 25 heavy (non-hydrogen) atoms. The maximum absolute atomic E-state index is 12.1. The molecule has 6 nitrogen and oxygen atoms in total. The molecule has 8 heteroatoms. The molecule has 130 valence electrons. The first-order valence-electron chi connectivity index (χ1n) is 7.49. The standard InChI is InChI=1S/C17H15ClN2O4S/c1-10-7-12(18)3-4-14(10)24-11(2)16(22)23-9-13-8-15(21)20-5-6-25-17(20)19-13/h3-8,11H,9H2,1-2H3/t11-/m1/s1. The Labute approximate surface area is 152 Å². The fourth-order valence-electron chi connectivity index (χ4n) is 2.21. The highest BCUT2D eigenvalue weighted by Crippen LogP contribution is 2.23. The van der Waals surface area contributed by atoms with Gasteiger partial charge in [0, 0.05) is 22.7 Å². The van der Waals surface area contributed by atoms with Gasteiger partial charge in [0.2, 0.25) is 0 Å². The largest absolute Gasteiger partial charge is 0.479 e. The Morgan fingerprint density at radius 1 is 1.40 bits per heavy atom. The molecule has 0 fully saturated rings. The summed E-state index contributed by atoms with van der Waals surface area (Å²) in [6.07, 6.45) is 0.849. The topological polar surface area (TPSA) is 69.9 Å². The van der Waals surface area contributed by atoms with Gasteiger partial charge in [0.05, 0.1) is 5.69 Å². The maximum atomic E-state index is 12.1. The lowest BCUT2D eigenvalue weighted by atomic mass is 10.2. The van der Waals surface area contributed by atoms with Gasteiger partial charge in [0.15, 0.2) is 11.1 Å². The van der Waals surface area contributed by atoms with Crippen LogP contribution < -0.4 is 10.3 Å². The fourth-order valence-corrected chi connectivity index (χ4v) is 3.17. The minimum atomic E-state index is -0.800. The van der Waals surface area contributed by atoms with Crippen LogP contribution in [0.25, 0.3) is 4.96 Å². The average Bonchev–Trinajstić information content (AvgIpc) is 3.04. The Bertz CT molecular complexity index is 982. The van der Waals surface area contributed by atoms with E-state index < -0.39 is 12.1 Å². The Balaban J connectivity index is 1.63. The van der Waals surface area contributed by atoms with Gasteiger partial charge in [0.25, 0.3) is 5.56 Å². The maximum Gasteiger partial charge on any atom is 0.347 e. The monoisotopic (exact) mass is 378 g/mol. The zero-order valence-electron chi connectivity index (χ0n) is 13.6. The van der Waals surface area contributed by atoms with E-state index in [4.69, 9.17) is 21.1 Å². The van der Waals surface area contributed by atoms with E-state index in [2.05, 4.69) is 4.98 Å². The molecule has 0 N–H and O–H groups in total. The van der Waals surface area contributed by atoms with Crippen LogP contribution in [-0.2, 0) is 16.1 Å². The molecule has 1 aromatic carbocycles. The lowest BCUT2D eigenvalue weighted by Crippen LogP contribution is -2.26. The van der Waals surface area contributed by atoms with Crippen LogP contribution in [0.2, 0.25) is 5.02 Å². The molecule has 0 saturated carbocycles. The highest BCUT2D eigenvalue weighted by molar-refractivity contribution is 7.15. The second-order valence-electron chi connectivity index (χ2n) is 5.42. The van der Waals surface area contributed by atoms with Gasteiger partial charge >= 0.3 is 5.97 Å². The first-order chi connectivity index (χ1) is 11.9. The number of hydrogen-bond acceptors (Lipinski definition) is 6. The molecule has 0 aliphatic carbocycles. The van der Waals surface area contributed by atoms with Crippen molar-refractivity contribution in [2.75, 3.05) is 0 Å². The van der Waals surface area contributed by atoms with Crippen molar-refractivity contribution in [1.29, 1.82) is 0 Å². The van der Waals surface area contributed by atoms with Gasteiger partial charge in [-0.3, -0.25) is 9.20 Å². The van der Waals surface area contributed by atoms with Crippen molar-refractivity contribution in [3.05, 3.63) is 62.5 Å². The number of nitrogens with zero attached hydrogens (tertiary/aromatic N) is 2. The number of carbonyl (C=O) groups excluding carboxylic acids is 1. The van der Waals surface area contributed by atoms with Crippen molar-refractivity contribution < 1.29 is 14.3 Å². The third-order valence-corrected chi connectivity index (χ3v) is 4.48. The summed E-state index contributed by atoms with van der Waals surface area (Å²) in [5.74, 6) is 0.0211. The van der Waals surface area contributed by atoms with Crippen molar-refractivity contribution in [3.8, 4) is 5.75 Å². The first-order valence-corrected chi connectivity index (χ1v) is 8.75. The third-order valence-electron chi connectivity index (χ3n) is 3.49. The molecule has 0 bridgehead atoms. The fraction of sp³-hybridized carbons (Fsp3) is 0.235. The number of aryl methyl sites for hydroxylation is 1. The summed E-state index contributed by atoms with van der Waals surface area (Å²) in [7, 11) is 0. The predicted molar refractivity (Wildman–Crippen MR) is 95.4 cm³/mol. The molecular weight excluding hydrogens is 364 g/mol. The molecule has 0 unspecified atom stereocenters. The van der Waals surface area contributed by atoms with E-state index in [9.17, 15) is 9.59 Å². The molecule has 0 aliphatic rings. The van der Waals surface area contributed by atoms with Crippen LogP contribution >= 0.6 is 22.9 Å². The van der Waals surface area contributed by atoms with Crippen LogP contribution in [0, 0.1) is 6.92 Å². The highest BCUT2D eigenvalue weighted by atomic mass is 35.5. The number of benzene rings is 1. The van der Waals surface area contributed by atoms with E-state index >= 15 is 0 Å². The molecule has 0 amide bonds. The van der Waals surface area contributed by atoms with E-state index in [1.54, 1.807) is 36.7 Å². The predicted octanol–water partition coefficient (Wildman–Crippen LogP) is 3.23. The lowest BCUT2D eigenvalue weighted by molar-refractivity contribution is -0.152. The molecule has 3 rings (SSSR count). The highest BCUT2D eigenvalue weighted by Gasteiger charge is 2.18. The quantitative estimate of drug-likeness (QED) is 0.637. The van der Waals surface area contributed by atoms with Crippen molar-refractivity contribution in [2.24, 2.45) is 0 Å². The molecular formula is C17H15ClN2O4S. The third kappa shape index (κ3) is 4.00. The molecule has 3 aromatic rings. The molecule has 2 heterocycles.